The van der Waals surface area contributed by atoms with Gasteiger partial charge in [-0.2, -0.15) is 5.10 Å². The lowest BCUT2D eigenvalue weighted by atomic mass is 10.1. The molecule has 8 heteroatoms. The van der Waals surface area contributed by atoms with Crippen LogP contribution in [0.2, 0.25) is 5.02 Å². The van der Waals surface area contributed by atoms with Crippen LogP contribution in [0.4, 0.5) is 0 Å². The molecule has 146 valence electrons. The van der Waals surface area contributed by atoms with Gasteiger partial charge in [-0.3, -0.25) is 5.10 Å². The minimum Gasteiger partial charge on any atom is -0.357 e. The van der Waals surface area contributed by atoms with Crippen LogP contribution >= 0.6 is 23.4 Å². The molecule has 0 bridgehead atoms. The van der Waals surface area contributed by atoms with E-state index < -0.39 is 0 Å². The molecule has 0 saturated carbocycles. The van der Waals surface area contributed by atoms with Crippen molar-refractivity contribution in [3.8, 4) is 11.4 Å². The topological polar surface area (TPSA) is 78.0 Å². The zero-order valence-electron chi connectivity index (χ0n) is 15.7. The normalized spacial score (nSPS) is 11.4. The number of benzene rings is 2. The van der Waals surface area contributed by atoms with Crippen LogP contribution in [0.15, 0.2) is 64.7 Å². The van der Waals surface area contributed by atoms with E-state index in [9.17, 15) is 0 Å². The lowest BCUT2D eigenvalue weighted by Gasteiger charge is -2.11. The maximum atomic E-state index is 5.92. The summed E-state index contributed by atoms with van der Waals surface area (Å²) in [5.41, 5.74) is 2.11. The SMILES string of the molecule is CCNC(=NCc1cccc(-c2ncn[nH]2)c1)NCCSc1ccc(Cl)cc1. The summed E-state index contributed by atoms with van der Waals surface area (Å²) in [6.07, 6.45) is 1.51. The molecule has 28 heavy (non-hydrogen) atoms. The molecule has 3 aromatic rings. The highest BCUT2D eigenvalue weighted by atomic mass is 35.5. The van der Waals surface area contributed by atoms with Crippen LogP contribution in [0, 0.1) is 0 Å². The molecule has 0 fully saturated rings. The Bertz CT molecular complexity index is 880. The molecule has 0 saturated heterocycles. The van der Waals surface area contributed by atoms with E-state index in [1.165, 1.54) is 11.2 Å². The van der Waals surface area contributed by atoms with Gasteiger partial charge in [0.05, 0.1) is 6.54 Å². The highest BCUT2D eigenvalue weighted by Gasteiger charge is 2.03. The maximum absolute atomic E-state index is 5.92. The number of guanidine groups is 1. The Morgan fingerprint density at radius 2 is 2.04 bits per heavy atom. The van der Waals surface area contributed by atoms with Crippen molar-refractivity contribution >= 4 is 29.3 Å². The van der Waals surface area contributed by atoms with E-state index in [2.05, 4.69) is 49.9 Å². The van der Waals surface area contributed by atoms with Gasteiger partial charge in [-0.05, 0) is 42.8 Å². The fourth-order valence-corrected chi connectivity index (χ4v) is 3.44. The first-order chi connectivity index (χ1) is 13.7. The summed E-state index contributed by atoms with van der Waals surface area (Å²) >= 11 is 7.70. The fourth-order valence-electron chi connectivity index (χ4n) is 2.54. The van der Waals surface area contributed by atoms with E-state index in [0.29, 0.717) is 6.54 Å². The number of hydrogen-bond acceptors (Lipinski definition) is 4. The molecule has 0 atom stereocenters. The largest absolute Gasteiger partial charge is 0.357 e. The molecule has 1 aromatic heterocycles. The van der Waals surface area contributed by atoms with Gasteiger partial charge in [0.15, 0.2) is 11.8 Å². The Hall–Kier alpha value is -2.51. The van der Waals surface area contributed by atoms with Crippen LogP contribution in [0.1, 0.15) is 12.5 Å². The zero-order chi connectivity index (χ0) is 19.6. The molecule has 0 spiro atoms. The van der Waals surface area contributed by atoms with Gasteiger partial charge >= 0.3 is 0 Å². The predicted octanol–water partition coefficient (Wildman–Crippen LogP) is 3.97. The molecule has 3 N–H and O–H groups in total. The van der Waals surface area contributed by atoms with Crippen molar-refractivity contribution in [3.05, 3.63) is 65.4 Å². The predicted molar refractivity (Wildman–Crippen MR) is 117 cm³/mol. The van der Waals surface area contributed by atoms with E-state index in [1.807, 2.05) is 36.4 Å². The minimum absolute atomic E-state index is 0.585. The van der Waals surface area contributed by atoms with E-state index in [1.54, 1.807) is 11.8 Å². The van der Waals surface area contributed by atoms with E-state index in [4.69, 9.17) is 11.6 Å². The Labute approximate surface area is 174 Å². The van der Waals surface area contributed by atoms with Gasteiger partial charge in [-0.1, -0.05) is 29.8 Å². The summed E-state index contributed by atoms with van der Waals surface area (Å²) in [4.78, 5) is 10.1. The van der Waals surface area contributed by atoms with Crippen LogP contribution in [-0.4, -0.2) is 40.0 Å². The first-order valence-electron chi connectivity index (χ1n) is 9.10. The Morgan fingerprint density at radius 1 is 1.18 bits per heavy atom. The molecule has 0 unspecified atom stereocenters. The van der Waals surface area contributed by atoms with Crippen molar-refractivity contribution in [2.45, 2.75) is 18.4 Å². The quantitative estimate of drug-likeness (QED) is 0.225. The molecule has 0 aliphatic rings. The van der Waals surface area contributed by atoms with E-state index >= 15 is 0 Å². The van der Waals surface area contributed by atoms with Crippen molar-refractivity contribution in [1.29, 1.82) is 0 Å². The Balaban J connectivity index is 1.52. The number of aromatic nitrogens is 3. The highest BCUT2D eigenvalue weighted by Crippen LogP contribution is 2.19. The highest BCUT2D eigenvalue weighted by molar-refractivity contribution is 7.99. The second-order valence-electron chi connectivity index (χ2n) is 5.96. The summed E-state index contributed by atoms with van der Waals surface area (Å²) in [5, 5.41) is 14.2. The summed E-state index contributed by atoms with van der Waals surface area (Å²) in [7, 11) is 0. The number of nitrogens with zero attached hydrogens (tertiary/aromatic N) is 3. The summed E-state index contributed by atoms with van der Waals surface area (Å²) < 4.78 is 0. The molecule has 0 aliphatic heterocycles. The van der Waals surface area contributed by atoms with E-state index in [-0.39, 0.29) is 0 Å². The second kappa shape index (κ2) is 10.7. The van der Waals surface area contributed by atoms with Crippen molar-refractivity contribution < 1.29 is 0 Å². The third-order valence-corrected chi connectivity index (χ3v) is 5.12. The number of nitrogens with one attached hydrogen (secondary N) is 3. The van der Waals surface area contributed by atoms with Gasteiger partial charge < -0.3 is 10.6 Å². The van der Waals surface area contributed by atoms with Gasteiger partial charge in [0.25, 0.3) is 0 Å². The van der Waals surface area contributed by atoms with Gasteiger partial charge in [0.2, 0.25) is 0 Å². The van der Waals surface area contributed by atoms with Gasteiger partial charge in [-0.15, -0.1) is 11.8 Å². The molecule has 0 radical (unpaired) electrons. The molecule has 2 aromatic carbocycles. The van der Waals surface area contributed by atoms with Crippen molar-refractivity contribution in [2.24, 2.45) is 4.99 Å². The second-order valence-corrected chi connectivity index (χ2v) is 7.56. The Morgan fingerprint density at radius 3 is 2.79 bits per heavy atom. The lowest BCUT2D eigenvalue weighted by molar-refractivity contribution is 0.843. The van der Waals surface area contributed by atoms with Gasteiger partial charge in [0, 0.05) is 34.3 Å². The number of hydrogen-bond donors (Lipinski definition) is 3. The Kier molecular flexibility index (Phi) is 7.75. The van der Waals surface area contributed by atoms with Crippen molar-refractivity contribution in [2.75, 3.05) is 18.8 Å². The maximum Gasteiger partial charge on any atom is 0.191 e. The van der Waals surface area contributed by atoms with Gasteiger partial charge in [0.1, 0.15) is 6.33 Å². The van der Waals surface area contributed by atoms with Crippen molar-refractivity contribution in [3.63, 3.8) is 0 Å². The van der Waals surface area contributed by atoms with Crippen LogP contribution in [0.5, 0.6) is 0 Å². The molecule has 0 amide bonds. The molecule has 3 rings (SSSR count). The minimum atomic E-state index is 0.585. The monoisotopic (exact) mass is 414 g/mol. The third-order valence-electron chi connectivity index (χ3n) is 3.86. The van der Waals surface area contributed by atoms with Crippen molar-refractivity contribution in [1.82, 2.24) is 25.8 Å². The average molecular weight is 415 g/mol. The molecular formula is C20H23ClN6S. The average Bonchev–Trinajstić information content (AvgIpc) is 3.26. The standard InChI is InChI=1S/C20H23ClN6S/c1-2-22-20(23-10-11-28-18-8-6-17(21)7-9-18)24-13-15-4-3-5-16(12-15)19-25-14-26-27-19/h3-9,12,14H,2,10-11,13H2,1H3,(H2,22,23,24)(H,25,26,27). The number of H-pyrrole nitrogens is 1. The first kappa shape index (κ1) is 20.2. The van der Waals surface area contributed by atoms with Crippen LogP contribution in [0.25, 0.3) is 11.4 Å². The number of halogens is 1. The number of aliphatic imine (C=N–C) groups is 1. The summed E-state index contributed by atoms with van der Waals surface area (Å²) in [5.74, 6) is 2.51. The number of thioether (sulfide) groups is 1. The third kappa shape index (κ3) is 6.28. The fraction of sp³-hybridized carbons (Fsp3) is 0.250. The van der Waals surface area contributed by atoms with Crippen LogP contribution in [-0.2, 0) is 6.54 Å². The molecule has 6 nitrogen and oxygen atoms in total. The summed E-state index contributed by atoms with van der Waals surface area (Å²) in [6.45, 7) is 4.28. The van der Waals surface area contributed by atoms with Crippen LogP contribution < -0.4 is 10.6 Å². The number of rotatable bonds is 8. The smallest absolute Gasteiger partial charge is 0.191 e. The van der Waals surface area contributed by atoms with E-state index in [0.717, 1.165) is 46.8 Å². The molecular weight excluding hydrogens is 392 g/mol. The van der Waals surface area contributed by atoms with Gasteiger partial charge in [-0.25, -0.2) is 9.98 Å². The lowest BCUT2D eigenvalue weighted by Crippen LogP contribution is -2.38. The summed E-state index contributed by atoms with van der Waals surface area (Å²) in [6, 6.07) is 16.0. The number of aromatic amines is 1. The molecule has 0 aliphatic carbocycles. The first-order valence-corrected chi connectivity index (χ1v) is 10.5. The molecule has 1 heterocycles. The van der Waals surface area contributed by atoms with Crippen LogP contribution in [0.3, 0.4) is 0 Å². The zero-order valence-corrected chi connectivity index (χ0v) is 17.2.